The average molecular weight is 267 g/mol. The summed E-state index contributed by atoms with van der Waals surface area (Å²) in [6.45, 7) is 0. The third kappa shape index (κ3) is 2.96. The van der Waals surface area contributed by atoms with Gasteiger partial charge in [0.25, 0.3) is 0 Å². The van der Waals surface area contributed by atoms with Crippen molar-refractivity contribution in [1.82, 2.24) is 4.98 Å². The van der Waals surface area contributed by atoms with Crippen LogP contribution in [0.5, 0.6) is 5.75 Å². The second-order valence-corrected chi connectivity index (χ2v) is 4.47. The molecule has 0 radical (unpaired) electrons. The number of nitrogens with one attached hydrogen (secondary N) is 1. The van der Waals surface area contributed by atoms with Gasteiger partial charge in [0.2, 0.25) is 0 Å². The predicted molar refractivity (Wildman–Crippen MR) is 72.2 cm³/mol. The molecule has 0 aliphatic rings. The van der Waals surface area contributed by atoms with E-state index in [1.165, 1.54) is 5.56 Å². The number of hydrogen-bond acceptors (Lipinski definition) is 2. The van der Waals surface area contributed by atoms with Crippen molar-refractivity contribution in [3.8, 4) is 5.75 Å². The first-order valence-corrected chi connectivity index (χ1v) is 6.37. The first-order valence-electron chi connectivity index (χ1n) is 5.84. The number of aromatic amines is 1. The Labute approximate surface area is 110 Å². The molecule has 5 heteroatoms. The van der Waals surface area contributed by atoms with Crippen LogP contribution in [0, 0.1) is 0 Å². The van der Waals surface area contributed by atoms with Gasteiger partial charge in [-0.05, 0) is 43.0 Å². The SMILES string of the molecule is NC(=O)Oc1ccc2[nH]cc(CCCCCl)c2c1. The molecule has 0 aliphatic heterocycles. The molecule has 96 valence electrons. The summed E-state index contributed by atoms with van der Waals surface area (Å²) in [5, 5.41) is 1.06. The molecular formula is C13H15ClN2O2. The fraction of sp³-hybridized carbons (Fsp3) is 0.308. The van der Waals surface area contributed by atoms with Gasteiger partial charge in [0, 0.05) is 23.0 Å². The number of aryl methyl sites for hydroxylation is 1. The van der Waals surface area contributed by atoms with E-state index in [0.29, 0.717) is 11.6 Å². The van der Waals surface area contributed by atoms with Crippen LogP contribution in [0.3, 0.4) is 0 Å². The van der Waals surface area contributed by atoms with E-state index < -0.39 is 6.09 Å². The smallest absolute Gasteiger partial charge is 0.409 e. The summed E-state index contributed by atoms with van der Waals surface area (Å²) in [5.74, 6) is 1.14. The van der Waals surface area contributed by atoms with Crippen LogP contribution >= 0.6 is 11.6 Å². The minimum atomic E-state index is -0.798. The number of carbonyl (C=O) groups excluding carboxylic acids is 1. The summed E-state index contributed by atoms with van der Waals surface area (Å²) in [6, 6.07) is 5.41. The third-order valence-electron chi connectivity index (χ3n) is 2.79. The van der Waals surface area contributed by atoms with Crippen molar-refractivity contribution in [3.63, 3.8) is 0 Å². The number of benzene rings is 1. The molecule has 0 bridgehead atoms. The van der Waals surface area contributed by atoms with Crippen molar-refractivity contribution in [2.75, 3.05) is 5.88 Å². The molecule has 1 amide bonds. The van der Waals surface area contributed by atoms with Crippen molar-refractivity contribution < 1.29 is 9.53 Å². The Morgan fingerprint density at radius 1 is 1.39 bits per heavy atom. The third-order valence-corrected chi connectivity index (χ3v) is 3.05. The zero-order valence-corrected chi connectivity index (χ0v) is 10.7. The molecule has 0 unspecified atom stereocenters. The molecule has 2 rings (SSSR count). The lowest BCUT2D eigenvalue weighted by Gasteiger charge is -2.02. The van der Waals surface area contributed by atoms with Crippen LogP contribution in [0.2, 0.25) is 0 Å². The fourth-order valence-electron chi connectivity index (χ4n) is 1.95. The molecule has 2 aromatic rings. The van der Waals surface area contributed by atoms with E-state index in [4.69, 9.17) is 22.1 Å². The lowest BCUT2D eigenvalue weighted by Crippen LogP contribution is -2.16. The van der Waals surface area contributed by atoms with E-state index in [9.17, 15) is 4.79 Å². The second-order valence-electron chi connectivity index (χ2n) is 4.09. The molecule has 0 saturated heterocycles. The Hall–Kier alpha value is -1.68. The van der Waals surface area contributed by atoms with Crippen LogP contribution < -0.4 is 10.5 Å². The monoisotopic (exact) mass is 266 g/mol. The number of rotatable bonds is 5. The van der Waals surface area contributed by atoms with Gasteiger partial charge in [-0.25, -0.2) is 4.79 Å². The highest BCUT2D eigenvalue weighted by molar-refractivity contribution is 6.17. The normalized spacial score (nSPS) is 10.7. The van der Waals surface area contributed by atoms with Crippen LogP contribution in [0.1, 0.15) is 18.4 Å². The molecule has 1 aromatic heterocycles. The van der Waals surface area contributed by atoms with Crippen LogP contribution in [0.15, 0.2) is 24.4 Å². The van der Waals surface area contributed by atoms with Gasteiger partial charge in [0.05, 0.1) is 0 Å². The Kier molecular flexibility index (Phi) is 4.10. The summed E-state index contributed by atoms with van der Waals surface area (Å²) in [6.07, 6.45) is 4.16. The van der Waals surface area contributed by atoms with Gasteiger partial charge in [-0.3, -0.25) is 0 Å². The van der Waals surface area contributed by atoms with E-state index in [1.807, 2.05) is 18.3 Å². The second kappa shape index (κ2) is 5.78. The molecule has 1 heterocycles. The summed E-state index contributed by atoms with van der Waals surface area (Å²) in [4.78, 5) is 13.9. The fourth-order valence-corrected chi connectivity index (χ4v) is 2.14. The van der Waals surface area contributed by atoms with Crippen molar-refractivity contribution in [2.24, 2.45) is 5.73 Å². The number of unbranched alkanes of at least 4 members (excludes halogenated alkanes) is 1. The van der Waals surface area contributed by atoms with E-state index >= 15 is 0 Å². The number of ether oxygens (including phenoxy) is 1. The predicted octanol–water partition coefficient (Wildman–Crippen LogP) is 3.19. The molecule has 3 N–H and O–H groups in total. The highest BCUT2D eigenvalue weighted by Crippen LogP contribution is 2.25. The minimum Gasteiger partial charge on any atom is -0.410 e. The Balaban J connectivity index is 2.22. The number of alkyl halides is 1. The van der Waals surface area contributed by atoms with Gasteiger partial charge in [0.15, 0.2) is 0 Å². The maximum Gasteiger partial charge on any atom is 0.409 e. The maximum absolute atomic E-state index is 10.7. The summed E-state index contributed by atoms with van der Waals surface area (Å²) < 4.78 is 4.88. The summed E-state index contributed by atoms with van der Waals surface area (Å²) in [5.41, 5.74) is 7.22. The van der Waals surface area contributed by atoms with Crippen molar-refractivity contribution in [1.29, 1.82) is 0 Å². The number of H-pyrrole nitrogens is 1. The van der Waals surface area contributed by atoms with Gasteiger partial charge < -0.3 is 15.5 Å². The van der Waals surface area contributed by atoms with Crippen LogP contribution in [0.4, 0.5) is 4.79 Å². The topological polar surface area (TPSA) is 68.1 Å². The average Bonchev–Trinajstić information content (AvgIpc) is 2.72. The van der Waals surface area contributed by atoms with Crippen molar-refractivity contribution in [2.45, 2.75) is 19.3 Å². The highest BCUT2D eigenvalue weighted by atomic mass is 35.5. The van der Waals surface area contributed by atoms with Gasteiger partial charge in [0.1, 0.15) is 5.75 Å². The zero-order chi connectivity index (χ0) is 13.0. The molecule has 0 aliphatic carbocycles. The number of halogens is 1. The van der Waals surface area contributed by atoms with Gasteiger partial charge in [-0.2, -0.15) is 0 Å². The van der Waals surface area contributed by atoms with E-state index in [0.717, 1.165) is 30.2 Å². The molecule has 1 aromatic carbocycles. The van der Waals surface area contributed by atoms with E-state index in [1.54, 1.807) is 6.07 Å². The standard InChI is InChI=1S/C13H15ClN2O2/c14-6-2-1-3-9-8-16-12-5-4-10(7-11(9)12)18-13(15)17/h4-5,7-8,16H,1-3,6H2,(H2,15,17). The highest BCUT2D eigenvalue weighted by Gasteiger charge is 2.06. The molecule has 4 nitrogen and oxygen atoms in total. The van der Waals surface area contributed by atoms with Crippen LogP contribution in [0.25, 0.3) is 10.9 Å². The largest absolute Gasteiger partial charge is 0.410 e. The first-order chi connectivity index (χ1) is 8.70. The molecular weight excluding hydrogens is 252 g/mol. The number of primary amides is 1. The van der Waals surface area contributed by atoms with Gasteiger partial charge in [-0.1, -0.05) is 0 Å². The lowest BCUT2D eigenvalue weighted by molar-refractivity contribution is 0.211. The minimum absolute atomic E-state index is 0.466. The Morgan fingerprint density at radius 3 is 2.94 bits per heavy atom. The lowest BCUT2D eigenvalue weighted by atomic mass is 10.1. The number of aromatic nitrogens is 1. The quantitative estimate of drug-likeness (QED) is 0.645. The number of nitrogens with two attached hydrogens (primary N) is 1. The molecule has 18 heavy (non-hydrogen) atoms. The number of fused-ring (bicyclic) bond motifs is 1. The van der Waals surface area contributed by atoms with E-state index in [2.05, 4.69) is 4.98 Å². The Bertz CT molecular complexity index is 551. The Morgan fingerprint density at radius 2 is 2.22 bits per heavy atom. The summed E-state index contributed by atoms with van der Waals surface area (Å²) >= 11 is 5.66. The van der Waals surface area contributed by atoms with Crippen molar-refractivity contribution in [3.05, 3.63) is 30.0 Å². The van der Waals surface area contributed by atoms with Crippen LogP contribution in [-0.2, 0) is 6.42 Å². The first kappa shape index (κ1) is 12.8. The zero-order valence-electron chi connectivity index (χ0n) is 9.91. The molecule has 0 spiro atoms. The van der Waals surface area contributed by atoms with Crippen molar-refractivity contribution >= 4 is 28.6 Å². The molecule has 0 atom stereocenters. The van der Waals surface area contributed by atoms with E-state index in [-0.39, 0.29) is 0 Å². The van der Waals surface area contributed by atoms with Gasteiger partial charge in [-0.15, -0.1) is 11.6 Å². The maximum atomic E-state index is 10.7. The molecule has 0 fully saturated rings. The number of hydrogen-bond donors (Lipinski definition) is 2. The van der Waals surface area contributed by atoms with Crippen LogP contribution in [-0.4, -0.2) is 17.0 Å². The number of amides is 1. The molecule has 0 saturated carbocycles. The summed E-state index contributed by atoms with van der Waals surface area (Å²) in [7, 11) is 0. The van der Waals surface area contributed by atoms with Gasteiger partial charge >= 0.3 is 6.09 Å². The number of carbonyl (C=O) groups is 1.